The smallest absolute Gasteiger partial charge is 0.191 e. The minimum absolute atomic E-state index is 0.763. The third-order valence-corrected chi connectivity index (χ3v) is 5.28. The van der Waals surface area contributed by atoms with Crippen molar-refractivity contribution >= 4 is 17.8 Å². The van der Waals surface area contributed by atoms with Gasteiger partial charge in [-0.05, 0) is 37.2 Å². The number of nitrogens with zero attached hydrogens (tertiary/aromatic N) is 5. The molecule has 0 unspecified atom stereocenters. The second kappa shape index (κ2) is 9.48. The molecule has 0 saturated heterocycles. The standard InChI is InChI=1S/C21H25N5S/c1-17(13-18-7-5-4-6-8-18)14-25(2)15-20-23-24-21(26(20)3)27-16-19-9-11-22-12-10-19/h4-13H,14-16H2,1-3H3. The van der Waals surface area contributed by atoms with Crippen molar-refractivity contribution in [3.05, 3.63) is 77.4 Å². The highest BCUT2D eigenvalue weighted by atomic mass is 32.2. The maximum absolute atomic E-state index is 4.38. The summed E-state index contributed by atoms with van der Waals surface area (Å²) in [6, 6.07) is 14.5. The van der Waals surface area contributed by atoms with Gasteiger partial charge in [-0.1, -0.05) is 53.7 Å². The van der Waals surface area contributed by atoms with Crippen molar-refractivity contribution in [2.24, 2.45) is 7.05 Å². The van der Waals surface area contributed by atoms with Crippen molar-refractivity contribution in [2.45, 2.75) is 24.4 Å². The summed E-state index contributed by atoms with van der Waals surface area (Å²) in [5, 5.41) is 9.66. The fourth-order valence-corrected chi connectivity index (χ4v) is 3.72. The van der Waals surface area contributed by atoms with Crippen LogP contribution >= 0.6 is 11.8 Å². The van der Waals surface area contributed by atoms with E-state index in [0.29, 0.717) is 0 Å². The Morgan fingerprint density at radius 2 is 1.85 bits per heavy atom. The first kappa shape index (κ1) is 19.3. The summed E-state index contributed by atoms with van der Waals surface area (Å²) >= 11 is 1.70. The first-order valence-corrected chi connectivity index (χ1v) is 9.91. The summed E-state index contributed by atoms with van der Waals surface area (Å²) in [4.78, 5) is 6.31. The van der Waals surface area contributed by atoms with E-state index in [1.54, 1.807) is 11.8 Å². The molecule has 0 fully saturated rings. The lowest BCUT2D eigenvalue weighted by molar-refractivity contribution is 0.340. The molecule has 2 aromatic heterocycles. The highest BCUT2D eigenvalue weighted by molar-refractivity contribution is 7.98. The van der Waals surface area contributed by atoms with Crippen LogP contribution in [0.25, 0.3) is 6.08 Å². The van der Waals surface area contributed by atoms with E-state index in [0.717, 1.165) is 29.8 Å². The molecule has 0 aliphatic carbocycles. The number of hydrogen-bond acceptors (Lipinski definition) is 5. The Morgan fingerprint density at radius 3 is 2.59 bits per heavy atom. The molecule has 3 rings (SSSR count). The monoisotopic (exact) mass is 379 g/mol. The molecule has 6 heteroatoms. The average Bonchev–Trinajstić information content (AvgIpc) is 3.01. The van der Waals surface area contributed by atoms with Gasteiger partial charge in [0.15, 0.2) is 5.16 Å². The van der Waals surface area contributed by atoms with E-state index in [4.69, 9.17) is 0 Å². The molecule has 0 radical (unpaired) electrons. The number of pyridine rings is 1. The minimum atomic E-state index is 0.763. The summed E-state index contributed by atoms with van der Waals surface area (Å²) in [7, 11) is 4.14. The minimum Gasteiger partial charge on any atom is -0.308 e. The summed E-state index contributed by atoms with van der Waals surface area (Å²) < 4.78 is 2.08. The van der Waals surface area contributed by atoms with Gasteiger partial charge in [-0.25, -0.2) is 0 Å². The molecule has 1 aromatic carbocycles. The Labute approximate surface area is 165 Å². The van der Waals surface area contributed by atoms with Crippen LogP contribution in [-0.4, -0.2) is 38.2 Å². The largest absolute Gasteiger partial charge is 0.308 e. The van der Waals surface area contributed by atoms with Crippen LogP contribution in [-0.2, 0) is 19.3 Å². The van der Waals surface area contributed by atoms with E-state index in [9.17, 15) is 0 Å². The van der Waals surface area contributed by atoms with E-state index < -0.39 is 0 Å². The Hall–Kier alpha value is -2.44. The van der Waals surface area contributed by atoms with Gasteiger partial charge in [-0.15, -0.1) is 10.2 Å². The van der Waals surface area contributed by atoms with Gasteiger partial charge in [0.2, 0.25) is 0 Å². The second-order valence-electron chi connectivity index (χ2n) is 6.68. The number of likely N-dealkylation sites (N-methyl/N-ethyl adjacent to an activating group) is 1. The molecule has 5 nitrogen and oxygen atoms in total. The summed E-state index contributed by atoms with van der Waals surface area (Å²) in [5.74, 6) is 1.84. The van der Waals surface area contributed by atoms with Gasteiger partial charge >= 0.3 is 0 Å². The van der Waals surface area contributed by atoms with Gasteiger partial charge in [0.1, 0.15) is 5.82 Å². The molecule has 2 heterocycles. The zero-order chi connectivity index (χ0) is 19.1. The number of hydrogen-bond donors (Lipinski definition) is 0. The molecule has 0 aliphatic rings. The molecular weight excluding hydrogens is 354 g/mol. The topological polar surface area (TPSA) is 46.8 Å². The molecule has 0 amide bonds. The van der Waals surface area contributed by atoms with Crippen molar-refractivity contribution in [3.63, 3.8) is 0 Å². The fraction of sp³-hybridized carbons (Fsp3) is 0.286. The van der Waals surface area contributed by atoms with Crippen molar-refractivity contribution in [1.82, 2.24) is 24.6 Å². The maximum atomic E-state index is 4.38. The Morgan fingerprint density at radius 1 is 1.11 bits per heavy atom. The van der Waals surface area contributed by atoms with E-state index in [2.05, 4.69) is 69.0 Å². The van der Waals surface area contributed by atoms with E-state index in [1.807, 2.05) is 37.6 Å². The molecule has 0 spiro atoms. The van der Waals surface area contributed by atoms with Crippen molar-refractivity contribution in [3.8, 4) is 0 Å². The van der Waals surface area contributed by atoms with Crippen LogP contribution in [0.4, 0.5) is 0 Å². The second-order valence-corrected chi connectivity index (χ2v) is 7.62. The molecular formula is C21H25N5S. The molecule has 140 valence electrons. The average molecular weight is 380 g/mol. The summed E-state index contributed by atoms with van der Waals surface area (Å²) in [6.07, 6.45) is 5.86. The third kappa shape index (κ3) is 5.77. The molecule has 0 atom stereocenters. The van der Waals surface area contributed by atoms with E-state index in [1.165, 1.54) is 16.7 Å². The van der Waals surface area contributed by atoms with Gasteiger partial charge in [0.05, 0.1) is 6.54 Å². The lowest BCUT2D eigenvalue weighted by Crippen LogP contribution is -2.22. The number of rotatable bonds is 8. The molecule has 3 aromatic rings. The Bertz CT molecular complexity index is 874. The van der Waals surface area contributed by atoms with Crippen LogP contribution in [0.1, 0.15) is 23.9 Å². The number of aromatic nitrogens is 4. The van der Waals surface area contributed by atoms with Crippen LogP contribution in [0.3, 0.4) is 0 Å². The third-order valence-electron chi connectivity index (χ3n) is 4.19. The quantitative estimate of drug-likeness (QED) is 0.553. The predicted molar refractivity (Wildman–Crippen MR) is 111 cm³/mol. The molecule has 27 heavy (non-hydrogen) atoms. The van der Waals surface area contributed by atoms with Crippen molar-refractivity contribution in [2.75, 3.05) is 13.6 Å². The molecule has 0 bridgehead atoms. The lowest BCUT2D eigenvalue weighted by atomic mass is 10.1. The van der Waals surface area contributed by atoms with Crippen LogP contribution in [0.5, 0.6) is 0 Å². The van der Waals surface area contributed by atoms with Gasteiger partial charge in [0.25, 0.3) is 0 Å². The SMILES string of the molecule is CC(=Cc1ccccc1)CN(C)Cc1nnc(SCc2ccncc2)n1C. The normalized spacial score (nSPS) is 11.9. The van der Waals surface area contributed by atoms with Crippen LogP contribution in [0.2, 0.25) is 0 Å². The predicted octanol–water partition coefficient (Wildman–Crippen LogP) is 4.04. The summed E-state index contributed by atoms with van der Waals surface area (Å²) in [6.45, 7) is 3.82. The number of thioether (sulfide) groups is 1. The van der Waals surface area contributed by atoms with Gasteiger partial charge in [0, 0.05) is 31.7 Å². The molecule has 0 N–H and O–H groups in total. The van der Waals surface area contributed by atoms with E-state index in [-0.39, 0.29) is 0 Å². The number of benzene rings is 1. The van der Waals surface area contributed by atoms with E-state index >= 15 is 0 Å². The van der Waals surface area contributed by atoms with Crippen LogP contribution in [0, 0.1) is 0 Å². The lowest BCUT2D eigenvalue weighted by Gasteiger charge is -2.16. The van der Waals surface area contributed by atoms with Crippen molar-refractivity contribution < 1.29 is 0 Å². The maximum Gasteiger partial charge on any atom is 0.191 e. The Balaban J connectivity index is 1.56. The Kier molecular flexibility index (Phi) is 6.79. The zero-order valence-electron chi connectivity index (χ0n) is 16.0. The summed E-state index contributed by atoms with van der Waals surface area (Å²) in [5.41, 5.74) is 3.79. The van der Waals surface area contributed by atoms with Gasteiger partial charge < -0.3 is 4.57 Å². The van der Waals surface area contributed by atoms with Crippen molar-refractivity contribution in [1.29, 1.82) is 0 Å². The van der Waals surface area contributed by atoms with Gasteiger partial charge in [-0.3, -0.25) is 9.88 Å². The first-order valence-electron chi connectivity index (χ1n) is 8.92. The molecule has 0 aliphatic heterocycles. The van der Waals surface area contributed by atoms with Gasteiger partial charge in [-0.2, -0.15) is 0 Å². The van der Waals surface area contributed by atoms with Crippen LogP contribution in [0.15, 0.2) is 65.6 Å². The first-order chi connectivity index (χ1) is 13.1. The fourth-order valence-electron chi connectivity index (χ4n) is 2.84. The molecule has 0 saturated carbocycles. The highest BCUT2D eigenvalue weighted by Crippen LogP contribution is 2.21. The van der Waals surface area contributed by atoms with Crippen LogP contribution < -0.4 is 0 Å². The highest BCUT2D eigenvalue weighted by Gasteiger charge is 2.12. The zero-order valence-corrected chi connectivity index (χ0v) is 16.9.